The number of aromatic nitrogens is 4. The second-order valence-corrected chi connectivity index (χ2v) is 8.34. The van der Waals surface area contributed by atoms with E-state index in [0.29, 0.717) is 40.7 Å². The van der Waals surface area contributed by atoms with Crippen molar-refractivity contribution in [3.8, 4) is 28.4 Å². The maximum absolute atomic E-state index is 12.1. The van der Waals surface area contributed by atoms with Crippen molar-refractivity contribution in [2.24, 2.45) is 0 Å². The van der Waals surface area contributed by atoms with Crippen molar-refractivity contribution in [2.75, 3.05) is 0 Å². The summed E-state index contributed by atoms with van der Waals surface area (Å²) >= 11 is 1.32. The van der Waals surface area contributed by atoms with Crippen molar-refractivity contribution in [3.05, 3.63) is 113 Å². The minimum Gasteiger partial charge on any atom is -0.488 e. The van der Waals surface area contributed by atoms with Gasteiger partial charge in [0.25, 0.3) is 5.56 Å². The van der Waals surface area contributed by atoms with Crippen molar-refractivity contribution in [1.82, 2.24) is 20.1 Å². The maximum atomic E-state index is 12.1. The molecule has 0 saturated heterocycles. The van der Waals surface area contributed by atoms with E-state index >= 15 is 0 Å². The predicted octanol–water partition coefficient (Wildman–Crippen LogP) is 5.36. The molecular weight excluding hydrogens is 448 g/mol. The summed E-state index contributed by atoms with van der Waals surface area (Å²) in [5.74, 6) is 1.90. The number of hydrogen-bond donors (Lipinski definition) is 1. The molecule has 168 valence electrons. The van der Waals surface area contributed by atoms with Gasteiger partial charge in [-0.1, -0.05) is 89.7 Å². The van der Waals surface area contributed by atoms with Gasteiger partial charge in [0, 0.05) is 11.6 Å². The van der Waals surface area contributed by atoms with Crippen LogP contribution in [0.1, 0.15) is 11.5 Å². The number of nitrogens with one attached hydrogen (secondary N) is 1. The fourth-order valence-electron chi connectivity index (χ4n) is 3.33. The van der Waals surface area contributed by atoms with Gasteiger partial charge in [-0.05, 0) is 17.7 Å². The van der Waals surface area contributed by atoms with Gasteiger partial charge >= 0.3 is 0 Å². The van der Waals surface area contributed by atoms with Crippen LogP contribution in [0.25, 0.3) is 22.6 Å². The number of hydrogen-bond acceptors (Lipinski definition) is 7. The lowest BCUT2D eigenvalue weighted by Crippen LogP contribution is -2.08. The summed E-state index contributed by atoms with van der Waals surface area (Å²) in [6.07, 6.45) is 0. The van der Waals surface area contributed by atoms with Crippen LogP contribution >= 0.6 is 11.8 Å². The number of rotatable bonds is 8. The highest BCUT2D eigenvalue weighted by atomic mass is 32.2. The summed E-state index contributed by atoms with van der Waals surface area (Å²) in [6.45, 7) is 0.440. The van der Waals surface area contributed by atoms with Crippen molar-refractivity contribution >= 4 is 11.8 Å². The molecule has 0 saturated carbocycles. The zero-order chi connectivity index (χ0) is 23.2. The molecule has 3 aromatic carbocycles. The molecule has 0 spiro atoms. The highest BCUT2D eigenvalue weighted by molar-refractivity contribution is 7.98. The smallest absolute Gasteiger partial charge is 0.252 e. The number of benzene rings is 3. The van der Waals surface area contributed by atoms with Crippen LogP contribution in [-0.2, 0) is 12.4 Å². The van der Waals surface area contributed by atoms with Crippen LogP contribution < -0.4 is 10.3 Å². The zero-order valence-electron chi connectivity index (χ0n) is 18.0. The molecule has 7 nitrogen and oxygen atoms in total. The molecule has 0 unspecified atom stereocenters. The molecule has 0 amide bonds. The van der Waals surface area contributed by atoms with E-state index in [4.69, 9.17) is 9.26 Å². The van der Waals surface area contributed by atoms with Crippen LogP contribution in [-0.4, -0.2) is 20.1 Å². The van der Waals surface area contributed by atoms with E-state index in [1.165, 1.54) is 17.8 Å². The second kappa shape index (κ2) is 10.2. The van der Waals surface area contributed by atoms with Crippen LogP contribution in [0.3, 0.4) is 0 Å². The largest absolute Gasteiger partial charge is 0.488 e. The molecule has 0 aliphatic rings. The molecular formula is C26H20N4O3S. The Morgan fingerprint density at radius 2 is 1.62 bits per heavy atom. The zero-order valence-corrected chi connectivity index (χ0v) is 18.9. The Hall–Kier alpha value is -4.17. The van der Waals surface area contributed by atoms with Gasteiger partial charge < -0.3 is 14.2 Å². The first-order valence-electron chi connectivity index (χ1n) is 10.6. The first kappa shape index (κ1) is 21.7. The number of para-hydroxylation sites is 1. The quantitative estimate of drug-likeness (QED) is 0.242. The van der Waals surface area contributed by atoms with Gasteiger partial charge in [-0.2, -0.15) is 4.98 Å². The molecule has 0 fully saturated rings. The number of nitrogens with zero attached hydrogens (tertiary/aromatic N) is 3. The molecule has 0 radical (unpaired) electrons. The molecule has 8 heteroatoms. The molecule has 0 aliphatic carbocycles. The fourth-order valence-corrected chi connectivity index (χ4v) is 4.04. The van der Waals surface area contributed by atoms with Gasteiger partial charge in [0.2, 0.25) is 11.7 Å². The Morgan fingerprint density at radius 1 is 0.882 bits per heavy atom. The van der Waals surface area contributed by atoms with Gasteiger partial charge in [-0.25, -0.2) is 4.98 Å². The van der Waals surface area contributed by atoms with E-state index in [9.17, 15) is 4.79 Å². The van der Waals surface area contributed by atoms with Crippen LogP contribution in [0, 0.1) is 0 Å². The Balaban J connectivity index is 1.29. The maximum Gasteiger partial charge on any atom is 0.252 e. The van der Waals surface area contributed by atoms with E-state index < -0.39 is 0 Å². The first-order chi connectivity index (χ1) is 16.7. The summed E-state index contributed by atoms with van der Waals surface area (Å²) in [7, 11) is 0. The molecule has 34 heavy (non-hydrogen) atoms. The summed E-state index contributed by atoms with van der Waals surface area (Å²) < 4.78 is 11.5. The lowest BCUT2D eigenvalue weighted by atomic mass is 10.1. The molecule has 0 aliphatic heterocycles. The average molecular weight is 469 g/mol. The molecule has 2 heterocycles. The van der Waals surface area contributed by atoms with E-state index in [1.54, 1.807) is 0 Å². The lowest BCUT2D eigenvalue weighted by Gasteiger charge is -2.09. The van der Waals surface area contributed by atoms with Crippen LogP contribution in [0.5, 0.6) is 5.75 Å². The standard InChI is InChI=1S/C26H20N4O3S/c31-23-15-21(19-11-5-2-6-12-19)27-26(28-23)34-17-24-29-25(30-33-24)20-13-7-8-14-22(20)32-16-18-9-3-1-4-10-18/h1-15H,16-17H2,(H,27,28,31). The molecule has 5 aromatic rings. The van der Waals surface area contributed by atoms with Crippen LogP contribution in [0.2, 0.25) is 0 Å². The summed E-state index contributed by atoms with van der Waals surface area (Å²) in [5, 5.41) is 4.61. The molecule has 2 aromatic heterocycles. The highest BCUT2D eigenvalue weighted by Crippen LogP contribution is 2.29. The van der Waals surface area contributed by atoms with Crippen LogP contribution in [0.15, 0.2) is 105 Å². The Kier molecular flexibility index (Phi) is 6.49. The SMILES string of the molecule is O=c1cc(-c2ccccc2)nc(SCc2nc(-c3ccccc3OCc3ccccc3)no2)[nH]1. The van der Waals surface area contributed by atoms with Gasteiger partial charge in [-0.15, -0.1) is 0 Å². The predicted molar refractivity (Wildman–Crippen MR) is 130 cm³/mol. The fraction of sp³-hybridized carbons (Fsp3) is 0.0769. The van der Waals surface area contributed by atoms with Crippen molar-refractivity contribution < 1.29 is 9.26 Å². The Bertz CT molecular complexity index is 1440. The van der Waals surface area contributed by atoms with Gasteiger partial charge in [-0.3, -0.25) is 4.79 Å². The number of aromatic amines is 1. The minimum absolute atomic E-state index is 0.216. The third-order valence-corrected chi connectivity index (χ3v) is 5.81. The Labute approximate surface area is 199 Å². The molecule has 1 N–H and O–H groups in total. The third kappa shape index (κ3) is 5.24. The van der Waals surface area contributed by atoms with Gasteiger partial charge in [0.15, 0.2) is 5.16 Å². The first-order valence-corrected chi connectivity index (χ1v) is 11.6. The van der Waals surface area contributed by atoms with Gasteiger partial charge in [0.1, 0.15) is 12.4 Å². The van der Waals surface area contributed by atoms with Crippen molar-refractivity contribution in [3.63, 3.8) is 0 Å². The van der Waals surface area contributed by atoms with E-state index in [0.717, 1.165) is 16.7 Å². The van der Waals surface area contributed by atoms with Crippen molar-refractivity contribution in [1.29, 1.82) is 0 Å². The number of thioether (sulfide) groups is 1. The topological polar surface area (TPSA) is 93.9 Å². The molecule has 0 atom stereocenters. The minimum atomic E-state index is -0.216. The summed E-state index contributed by atoms with van der Waals surface area (Å²) in [5.41, 5.74) is 3.09. The van der Waals surface area contributed by atoms with E-state index in [2.05, 4.69) is 20.1 Å². The summed E-state index contributed by atoms with van der Waals surface area (Å²) in [6, 6.07) is 28.6. The second-order valence-electron chi connectivity index (χ2n) is 7.37. The van der Waals surface area contributed by atoms with E-state index in [1.807, 2.05) is 84.9 Å². The Morgan fingerprint density at radius 3 is 2.44 bits per heavy atom. The van der Waals surface area contributed by atoms with E-state index in [-0.39, 0.29) is 5.56 Å². The third-order valence-electron chi connectivity index (χ3n) is 4.96. The number of ether oxygens (including phenoxy) is 1. The summed E-state index contributed by atoms with van der Waals surface area (Å²) in [4.78, 5) is 23.9. The monoisotopic (exact) mass is 468 g/mol. The van der Waals surface area contributed by atoms with Gasteiger partial charge in [0.05, 0.1) is 17.0 Å². The highest BCUT2D eigenvalue weighted by Gasteiger charge is 2.14. The van der Waals surface area contributed by atoms with Crippen molar-refractivity contribution in [2.45, 2.75) is 17.5 Å². The number of H-pyrrole nitrogens is 1. The molecule has 5 rings (SSSR count). The normalized spacial score (nSPS) is 10.8. The van der Waals surface area contributed by atoms with Crippen LogP contribution in [0.4, 0.5) is 0 Å². The molecule has 0 bridgehead atoms. The lowest BCUT2D eigenvalue weighted by molar-refractivity contribution is 0.307. The average Bonchev–Trinajstić information content (AvgIpc) is 3.36.